The molecule has 118 valence electrons. The number of pyridine rings is 1. The summed E-state index contributed by atoms with van der Waals surface area (Å²) < 4.78 is 0. The van der Waals surface area contributed by atoms with Crippen molar-refractivity contribution in [3.8, 4) is 0 Å². The van der Waals surface area contributed by atoms with Gasteiger partial charge in [0.25, 0.3) is 5.91 Å². The van der Waals surface area contributed by atoms with Gasteiger partial charge in [-0.15, -0.1) is 0 Å². The average Bonchev–Trinajstić information content (AvgIpc) is 2.85. The number of anilines is 1. The van der Waals surface area contributed by atoms with Gasteiger partial charge in [-0.05, 0) is 29.7 Å². The van der Waals surface area contributed by atoms with Gasteiger partial charge in [-0.3, -0.25) is 14.6 Å². The Labute approximate surface area is 135 Å². The van der Waals surface area contributed by atoms with Crippen LogP contribution in [0.2, 0.25) is 0 Å². The monoisotopic (exact) mass is 309 g/mol. The number of rotatable bonds is 4. The first-order valence-corrected chi connectivity index (χ1v) is 7.67. The number of benzene rings is 1. The van der Waals surface area contributed by atoms with E-state index < -0.39 is 6.04 Å². The molecule has 1 atom stereocenters. The fourth-order valence-electron chi connectivity index (χ4n) is 2.96. The maximum Gasteiger partial charge on any atom is 0.255 e. The van der Waals surface area contributed by atoms with Crippen molar-refractivity contribution < 1.29 is 9.59 Å². The van der Waals surface area contributed by atoms with E-state index in [1.807, 2.05) is 38.1 Å². The summed E-state index contributed by atoms with van der Waals surface area (Å²) in [6.07, 6.45) is 3.24. The molecule has 1 aliphatic rings. The maximum absolute atomic E-state index is 12.7. The molecule has 5 heteroatoms. The topological polar surface area (TPSA) is 62.3 Å². The number of fused-ring (bicyclic) bond motifs is 1. The lowest BCUT2D eigenvalue weighted by molar-refractivity contribution is -0.122. The van der Waals surface area contributed by atoms with Crippen molar-refractivity contribution in [2.45, 2.75) is 26.4 Å². The predicted octanol–water partition coefficient (Wildman–Crippen LogP) is 2.70. The van der Waals surface area contributed by atoms with E-state index in [2.05, 4.69) is 10.3 Å². The van der Waals surface area contributed by atoms with Crippen LogP contribution in [0.15, 0.2) is 48.8 Å². The van der Waals surface area contributed by atoms with Crippen molar-refractivity contribution in [1.29, 1.82) is 0 Å². The fraction of sp³-hybridized carbons (Fsp3) is 0.278. The Hall–Kier alpha value is -2.69. The van der Waals surface area contributed by atoms with Crippen LogP contribution < -0.4 is 5.32 Å². The van der Waals surface area contributed by atoms with Gasteiger partial charge in [0, 0.05) is 30.2 Å². The molecule has 0 saturated carbocycles. The summed E-state index contributed by atoms with van der Waals surface area (Å²) in [6, 6.07) is 10.5. The van der Waals surface area contributed by atoms with Gasteiger partial charge in [0.2, 0.25) is 5.91 Å². The van der Waals surface area contributed by atoms with Crippen LogP contribution in [0.25, 0.3) is 0 Å². The van der Waals surface area contributed by atoms with E-state index in [1.165, 1.54) is 0 Å². The normalized spacial score (nSPS) is 14.7. The number of hydrogen-bond acceptors (Lipinski definition) is 3. The molecule has 23 heavy (non-hydrogen) atoms. The van der Waals surface area contributed by atoms with Crippen LogP contribution >= 0.6 is 0 Å². The Morgan fingerprint density at radius 3 is 2.52 bits per heavy atom. The largest absolute Gasteiger partial charge is 0.324 e. The summed E-state index contributed by atoms with van der Waals surface area (Å²) in [5, 5.41) is 2.87. The van der Waals surface area contributed by atoms with E-state index >= 15 is 0 Å². The Bertz CT molecular complexity index is 728. The first-order valence-electron chi connectivity index (χ1n) is 7.67. The molecule has 0 fully saturated rings. The number of carbonyl (C=O) groups excluding carboxylic acids is 2. The molecule has 2 heterocycles. The number of nitrogens with zero attached hydrogens (tertiary/aromatic N) is 2. The number of carbonyl (C=O) groups is 2. The van der Waals surface area contributed by atoms with Crippen molar-refractivity contribution in [3.63, 3.8) is 0 Å². The highest BCUT2D eigenvalue weighted by Crippen LogP contribution is 2.27. The summed E-state index contributed by atoms with van der Waals surface area (Å²) >= 11 is 0. The number of nitrogens with one attached hydrogen (secondary N) is 1. The van der Waals surface area contributed by atoms with Crippen LogP contribution in [-0.2, 0) is 11.3 Å². The Kier molecular flexibility index (Phi) is 4.10. The van der Waals surface area contributed by atoms with E-state index in [-0.39, 0.29) is 17.7 Å². The Morgan fingerprint density at radius 1 is 1.17 bits per heavy atom. The highest BCUT2D eigenvalue weighted by Gasteiger charge is 2.37. The second-order valence-corrected chi connectivity index (χ2v) is 6.00. The Balaban J connectivity index is 1.83. The third-order valence-electron chi connectivity index (χ3n) is 4.03. The molecule has 0 bridgehead atoms. The quantitative estimate of drug-likeness (QED) is 0.944. The van der Waals surface area contributed by atoms with Gasteiger partial charge in [-0.2, -0.15) is 0 Å². The highest BCUT2D eigenvalue weighted by atomic mass is 16.2. The second kappa shape index (κ2) is 6.20. The summed E-state index contributed by atoms with van der Waals surface area (Å²) in [5.74, 6) is -0.244. The van der Waals surface area contributed by atoms with Crippen molar-refractivity contribution in [1.82, 2.24) is 9.88 Å². The van der Waals surface area contributed by atoms with E-state index in [0.717, 1.165) is 5.56 Å². The summed E-state index contributed by atoms with van der Waals surface area (Å²) in [7, 11) is 0. The van der Waals surface area contributed by atoms with Crippen LogP contribution in [0.5, 0.6) is 0 Å². The molecule has 0 radical (unpaired) electrons. The summed E-state index contributed by atoms with van der Waals surface area (Å²) in [5.41, 5.74) is 2.34. The van der Waals surface area contributed by atoms with Gasteiger partial charge in [0.05, 0.1) is 0 Å². The van der Waals surface area contributed by atoms with Crippen LogP contribution in [0, 0.1) is 5.92 Å². The second-order valence-electron chi connectivity index (χ2n) is 6.00. The van der Waals surface area contributed by atoms with Gasteiger partial charge >= 0.3 is 0 Å². The molecule has 3 rings (SSSR count). The molecule has 0 spiro atoms. The standard InChI is InChI=1S/C18H19N3O2/c1-12(2)16(17(22)20-14-7-9-19-10-8-14)21-11-13-5-3-4-6-15(13)18(21)23/h3-10,12,16H,11H2,1-2H3,(H,19,20,22). The van der Waals surface area contributed by atoms with Gasteiger partial charge < -0.3 is 10.2 Å². The van der Waals surface area contributed by atoms with Crippen LogP contribution in [0.3, 0.4) is 0 Å². The fourth-order valence-corrected chi connectivity index (χ4v) is 2.96. The first kappa shape index (κ1) is 15.2. The zero-order valence-electron chi connectivity index (χ0n) is 13.2. The van der Waals surface area contributed by atoms with E-state index in [4.69, 9.17) is 0 Å². The number of aromatic nitrogens is 1. The maximum atomic E-state index is 12.7. The molecule has 1 N–H and O–H groups in total. The molecule has 1 aromatic heterocycles. The lowest BCUT2D eigenvalue weighted by Crippen LogP contribution is -2.47. The Morgan fingerprint density at radius 2 is 1.87 bits per heavy atom. The van der Waals surface area contributed by atoms with Crippen molar-refractivity contribution in [2.24, 2.45) is 5.92 Å². The van der Waals surface area contributed by atoms with Crippen molar-refractivity contribution in [3.05, 3.63) is 59.9 Å². The van der Waals surface area contributed by atoms with Gasteiger partial charge in [-0.25, -0.2) is 0 Å². The molecule has 0 saturated heterocycles. The highest BCUT2D eigenvalue weighted by molar-refractivity contribution is 6.03. The van der Waals surface area contributed by atoms with E-state index in [9.17, 15) is 9.59 Å². The number of hydrogen-bond donors (Lipinski definition) is 1. The van der Waals surface area contributed by atoms with Crippen molar-refractivity contribution >= 4 is 17.5 Å². The minimum atomic E-state index is -0.511. The van der Waals surface area contributed by atoms with Crippen LogP contribution in [0.1, 0.15) is 29.8 Å². The number of amides is 2. The van der Waals surface area contributed by atoms with Crippen LogP contribution in [-0.4, -0.2) is 27.7 Å². The van der Waals surface area contributed by atoms with Gasteiger partial charge in [0.15, 0.2) is 0 Å². The minimum absolute atomic E-state index is 0.00935. The predicted molar refractivity (Wildman–Crippen MR) is 87.8 cm³/mol. The molecule has 1 aliphatic heterocycles. The summed E-state index contributed by atoms with van der Waals surface area (Å²) in [4.78, 5) is 30.9. The molecule has 5 nitrogen and oxygen atoms in total. The molecule has 1 unspecified atom stereocenters. The molecule has 1 aromatic carbocycles. The average molecular weight is 309 g/mol. The van der Waals surface area contributed by atoms with Crippen molar-refractivity contribution in [2.75, 3.05) is 5.32 Å². The SMILES string of the molecule is CC(C)C(C(=O)Nc1ccncc1)N1Cc2ccccc2C1=O. The zero-order valence-corrected chi connectivity index (χ0v) is 13.2. The first-order chi connectivity index (χ1) is 11.1. The van der Waals surface area contributed by atoms with Gasteiger partial charge in [0.1, 0.15) is 6.04 Å². The zero-order chi connectivity index (χ0) is 16.4. The van der Waals surface area contributed by atoms with Crippen LogP contribution in [0.4, 0.5) is 5.69 Å². The van der Waals surface area contributed by atoms with Gasteiger partial charge in [-0.1, -0.05) is 32.0 Å². The minimum Gasteiger partial charge on any atom is -0.324 e. The van der Waals surface area contributed by atoms with E-state index in [0.29, 0.717) is 17.8 Å². The lowest BCUT2D eigenvalue weighted by Gasteiger charge is -2.29. The third-order valence-corrected chi connectivity index (χ3v) is 4.03. The lowest BCUT2D eigenvalue weighted by atomic mass is 10.0. The molecular formula is C18H19N3O2. The smallest absolute Gasteiger partial charge is 0.255 e. The molecule has 2 aromatic rings. The molecular weight excluding hydrogens is 290 g/mol. The molecule has 2 amide bonds. The van der Waals surface area contributed by atoms with E-state index in [1.54, 1.807) is 29.4 Å². The summed E-state index contributed by atoms with van der Waals surface area (Å²) in [6.45, 7) is 4.38. The third kappa shape index (κ3) is 2.95. The molecule has 0 aliphatic carbocycles.